The van der Waals surface area contributed by atoms with Crippen LogP contribution in [-0.2, 0) is 10.3 Å². The normalized spacial score (nSPS) is 12.0. The van der Waals surface area contributed by atoms with E-state index in [4.69, 9.17) is 0 Å². The van der Waals surface area contributed by atoms with Gasteiger partial charge in [0.2, 0.25) is 0 Å². The molecule has 0 saturated heterocycles. The van der Waals surface area contributed by atoms with E-state index in [0.717, 1.165) is 5.56 Å². The highest BCUT2D eigenvalue weighted by molar-refractivity contribution is 5.83. The molecule has 82 valence electrons. The van der Waals surface area contributed by atoms with Crippen LogP contribution in [0.25, 0.3) is 0 Å². The molecule has 1 aromatic carbocycles. The first kappa shape index (κ1) is 11.6. The molecule has 1 rings (SSSR count). The third-order valence-corrected chi connectivity index (χ3v) is 2.19. The molecule has 0 saturated carbocycles. The fourth-order valence-electron chi connectivity index (χ4n) is 1.23. The Morgan fingerprint density at radius 3 is 2.53 bits per heavy atom. The molecule has 0 amide bonds. The Labute approximate surface area is 90.4 Å². The molecular formula is C12H17NO2. The molecule has 0 aliphatic carbocycles. The van der Waals surface area contributed by atoms with Gasteiger partial charge in [0.15, 0.2) is 0 Å². The molecule has 15 heavy (non-hydrogen) atoms. The van der Waals surface area contributed by atoms with E-state index in [-0.39, 0.29) is 11.2 Å². The minimum atomic E-state index is 0.0589. The molecule has 0 atom stereocenters. The van der Waals surface area contributed by atoms with Crippen LogP contribution in [0.15, 0.2) is 23.4 Å². The third kappa shape index (κ3) is 2.98. The number of benzene rings is 1. The summed E-state index contributed by atoms with van der Waals surface area (Å²) in [5.74, 6) is 0.212. The van der Waals surface area contributed by atoms with Gasteiger partial charge in [0, 0.05) is 5.56 Å². The van der Waals surface area contributed by atoms with E-state index in [9.17, 15) is 5.11 Å². The van der Waals surface area contributed by atoms with Gasteiger partial charge < -0.3 is 9.94 Å². The van der Waals surface area contributed by atoms with Gasteiger partial charge in [-0.05, 0) is 23.1 Å². The summed E-state index contributed by atoms with van der Waals surface area (Å²) in [7, 11) is 1.47. The summed E-state index contributed by atoms with van der Waals surface area (Å²) in [5.41, 5.74) is 1.88. The van der Waals surface area contributed by atoms with Crippen LogP contribution in [0.2, 0.25) is 0 Å². The number of hydrogen-bond donors (Lipinski definition) is 1. The van der Waals surface area contributed by atoms with Crippen LogP contribution >= 0.6 is 0 Å². The largest absolute Gasteiger partial charge is 0.507 e. The van der Waals surface area contributed by atoms with Crippen LogP contribution in [0.3, 0.4) is 0 Å². The molecule has 1 N–H and O–H groups in total. The average molecular weight is 207 g/mol. The van der Waals surface area contributed by atoms with Gasteiger partial charge in [0.25, 0.3) is 0 Å². The third-order valence-electron chi connectivity index (χ3n) is 2.19. The lowest BCUT2D eigenvalue weighted by Gasteiger charge is -2.19. The maximum atomic E-state index is 9.58. The van der Waals surface area contributed by atoms with Crippen molar-refractivity contribution in [3.8, 4) is 5.75 Å². The maximum absolute atomic E-state index is 9.58. The van der Waals surface area contributed by atoms with Gasteiger partial charge in [0.1, 0.15) is 12.9 Å². The standard InChI is InChI=1S/C12H17NO2/c1-12(2,3)10-5-6-11(14)9(7-10)8-13-15-4/h5-8,14H,1-4H3. The number of hydrogen-bond acceptors (Lipinski definition) is 3. The maximum Gasteiger partial charge on any atom is 0.124 e. The van der Waals surface area contributed by atoms with E-state index in [1.165, 1.54) is 13.3 Å². The van der Waals surface area contributed by atoms with Crippen LogP contribution in [0, 0.1) is 0 Å². The summed E-state index contributed by atoms with van der Waals surface area (Å²) < 4.78 is 0. The molecule has 0 heterocycles. The zero-order valence-corrected chi connectivity index (χ0v) is 9.61. The predicted octanol–water partition coefficient (Wildman–Crippen LogP) is 2.67. The minimum absolute atomic E-state index is 0.0589. The number of aromatic hydroxyl groups is 1. The average Bonchev–Trinajstić information content (AvgIpc) is 2.15. The highest BCUT2D eigenvalue weighted by Gasteiger charge is 2.14. The Bertz CT molecular complexity index is 364. The quantitative estimate of drug-likeness (QED) is 0.598. The Kier molecular flexibility index (Phi) is 3.35. The van der Waals surface area contributed by atoms with Gasteiger partial charge in [-0.25, -0.2) is 0 Å². The van der Waals surface area contributed by atoms with Crippen molar-refractivity contribution in [2.45, 2.75) is 26.2 Å². The van der Waals surface area contributed by atoms with Crippen molar-refractivity contribution in [3.05, 3.63) is 29.3 Å². The van der Waals surface area contributed by atoms with E-state index in [0.29, 0.717) is 5.56 Å². The minimum Gasteiger partial charge on any atom is -0.507 e. The summed E-state index contributed by atoms with van der Waals surface area (Å²) in [4.78, 5) is 4.58. The first-order chi connectivity index (χ1) is 6.95. The van der Waals surface area contributed by atoms with Gasteiger partial charge in [0.05, 0.1) is 6.21 Å². The highest BCUT2D eigenvalue weighted by atomic mass is 16.6. The second-order valence-corrected chi connectivity index (χ2v) is 4.44. The summed E-state index contributed by atoms with van der Waals surface area (Å²) in [6.45, 7) is 6.36. The van der Waals surface area contributed by atoms with Crippen molar-refractivity contribution in [1.29, 1.82) is 0 Å². The van der Waals surface area contributed by atoms with Crippen molar-refractivity contribution in [2.24, 2.45) is 5.16 Å². The molecule has 0 radical (unpaired) electrons. The first-order valence-corrected chi connectivity index (χ1v) is 4.85. The predicted molar refractivity (Wildman–Crippen MR) is 61.4 cm³/mol. The molecule has 0 bridgehead atoms. The SMILES string of the molecule is CON=Cc1cc(C(C)(C)C)ccc1O. The molecule has 0 aliphatic heterocycles. The Hall–Kier alpha value is -1.51. The zero-order chi connectivity index (χ0) is 11.5. The van der Waals surface area contributed by atoms with E-state index in [2.05, 4.69) is 30.8 Å². The highest BCUT2D eigenvalue weighted by Crippen LogP contribution is 2.26. The van der Waals surface area contributed by atoms with Crippen LogP contribution in [0.5, 0.6) is 5.75 Å². The lowest BCUT2D eigenvalue weighted by atomic mass is 9.86. The second kappa shape index (κ2) is 4.34. The van der Waals surface area contributed by atoms with E-state index < -0.39 is 0 Å². The van der Waals surface area contributed by atoms with Crippen LogP contribution in [-0.4, -0.2) is 18.4 Å². The van der Waals surface area contributed by atoms with E-state index >= 15 is 0 Å². The second-order valence-electron chi connectivity index (χ2n) is 4.44. The zero-order valence-electron chi connectivity index (χ0n) is 9.61. The molecule has 1 aromatic rings. The summed E-state index contributed by atoms with van der Waals surface area (Å²) >= 11 is 0. The van der Waals surface area contributed by atoms with Crippen molar-refractivity contribution in [1.82, 2.24) is 0 Å². The molecule has 3 heteroatoms. The number of phenolic OH excluding ortho intramolecular Hbond substituents is 1. The number of phenols is 1. The summed E-state index contributed by atoms with van der Waals surface area (Å²) in [6, 6.07) is 5.51. The molecule has 0 spiro atoms. The topological polar surface area (TPSA) is 41.8 Å². The van der Waals surface area contributed by atoms with E-state index in [1.54, 1.807) is 6.07 Å². The summed E-state index contributed by atoms with van der Waals surface area (Å²) in [5, 5.41) is 13.2. The van der Waals surface area contributed by atoms with Gasteiger partial charge in [-0.15, -0.1) is 0 Å². The molecule has 0 aromatic heterocycles. The number of rotatable bonds is 2. The fraction of sp³-hybridized carbons (Fsp3) is 0.417. The van der Waals surface area contributed by atoms with Crippen molar-refractivity contribution in [3.63, 3.8) is 0 Å². The summed E-state index contributed by atoms with van der Waals surface area (Å²) in [6.07, 6.45) is 1.50. The van der Waals surface area contributed by atoms with Gasteiger partial charge in [-0.1, -0.05) is 32.0 Å². The molecular weight excluding hydrogens is 190 g/mol. The van der Waals surface area contributed by atoms with Gasteiger partial charge in [-0.3, -0.25) is 0 Å². The smallest absolute Gasteiger partial charge is 0.124 e. The van der Waals surface area contributed by atoms with Crippen molar-refractivity contribution >= 4 is 6.21 Å². The molecule has 0 aliphatic rings. The van der Waals surface area contributed by atoms with Crippen molar-refractivity contribution < 1.29 is 9.94 Å². The van der Waals surface area contributed by atoms with Crippen LogP contribution < -0.4 is 0 Å². The monoisotopic (exact) mass is 207 g/mol. The van der Waals surface area contributed by atoms with E-state index in [1.807, 2.05) is 12.1 Å². The molecule has 0 unspecified atom stereocenters. The van der Waals surface area contributed by atoms with Gasteiger partial charge in [-0.2, -0.15) is 0 Å². The van der Waals surface area contributed by atoms with Crippen molar-refractivity contribution in [2.75, 3.05) is 7.11 Å². The first-order valence-electron chi connectivity index (χ1n) is 4.85. The van der Waals surface area contributed by atoms with Crippen LogP contribution in [0.4, 0.5) is 0 Å². The Balaban J connectivity index is 3.11. The molecule has 0 fully saturated rings. The lowest BCUT2D eigenvalue weighted by Crippen LogP contribution is -2.11. The Morgan fingerprint density at radius 1 is 1.33 bits per heavy atom. The number of nitrogens with zero attached hydrogens (tertiary/aromatic N) is 1. The fourth-order valence-corrected chi connectivity index (χ4v) is 1.23. The van der Waals surface area contributed by atoms with Gasteiger partial charge >= 0.3 is 0 Å². The molecule has 3 nitrogen and oxygen atoms in total. The Morgan fingerprint density at radius 2 is 2.00 bits per heavy atom. The lowest BCUT2D eigenvalue weighted by molar-refractivity contribution is 0.215. The number of oxime groups is 1. The van der Waals surface area contributed by atoms with Crippen LogP contribution in [0.1, 0.15) is 31.9 Å².